The van der Waals surface area contributed by atoms with Crippen molar-refractivity contribution in [2.24, 2.45) is 0 Å². The Kier molecular flexibility index (Phi) is 45.5. The van der Waals surface area contributed by atoms with Crippen molar-refractivity contribution in [3.63, 3.8) is 0 Å². The fraction of sp³-hybridized carbons (Fsp3) is 0.472. The first-order valence-electron chi connectivity index (χ1n) is 45.6. The van der Waals surface area contributed by atoms with Gasteiger partial charge in [0.2, 0.25) is 53.2 Å². The van der Waals surface area contributed by atoms with E-state index in [1.54, 1.807) is 17.2 Å². The van der Waals surface area contributed by atoms with Gasteiger partial charge in [-0.15, -0.1) is 79.4 Å². The molecule has 141 heavy (non-hydrogen) atoms. The average Bonchev–Trinajstić information content (AvgIpc) is 1.65. The first-order valence-corrected chi connectivity index (χ1v) is 51.8. The molecule has 0 aliphatic carbocycles. The molecule has 0 saturated carbocycles. The molecule has 52 heteroatoms. The number of carbonyl (C=O) groups is 14. The summed E-state index contributed by atoms with van der Waals surface area (Å²) in [6.07, 6.45) is 3.30. The number of nitrogens with one attached hydrogen (secondary N) is 6. The van der Waals surface area contributed by atoms with Crippen LogP contribution in [0, 0.1) is 6.92 Å². The van der Waals surface area contributed by atoms with Crippen LogP contribution in [0.5, 0.6) is 11.5 Å². The fourth-order valence-electron chi connectivity index (χ4n) is 15.9. The summed E-state index contributed by atoms with van der Waals surface area (Å²) < 4.78 is 38.6. The first-order chi connectivity index (χ1) is 67.3. The van der Waals surface area contributed by atoms with Crippen LogP contribution in [-0.4, -0.2) is 312 Å². The zero-order valence-electron chi connectivity index (χ0n) is 79.2. The summed E-state index contributed by atoms with van der Waals surface area (Å²) in [5.41, 5.74) is 0.877. The van der Waals surface area contributed by atoms with Crippen LogP contribution < -0.4 is 46.2 Å². The largest absolute Gasteiger partial charge is 0.550 e. The molecule has 6 saturated heterocycles. The lowest BCUT2D eigenvalue weighted by Gasteiger charge is -2.28. The standard InChI is InChI=1S/C16H20BN3O4S2.C16H21BN2O5S.C15H21BN2O5S.C15H16BNO4S.C14H21BN2O4S.C13H17BN2O5S/c1-11(21)7-12-9-20(16-18-4-6-26-16)10-14(17(23)24-12)19-15(22)8-13-3-2-5-25-13;1-10(20)7-13-12-4-5-16(22)19(12)9-14(17(23)24-13)18-15(21)8-11-3-2-6-25-11;1-10(19)6-12-8-18(11(2)20)9-14(16(22)23-12)17-15(21)7-13-4-3-5-24-13;1-10-4-2-6-12-15(10)21-16(19)13(9-20-12)17-14(18)8-11-5-3-7-22-11;1-10(18)6-11-8-17(2)9-13(15(20)21-11)16-14(19)7-12-4-3-5-22-12;1-9(17)8-16-13(19)5-4-11(14(20)21-16)15-12(18)7-10-3-2-6-22-10/h2-6,12,14,23H,7-10H2,1H3,(H,19,22);2-3,6,12-14,23H,4-5,7-9H2,1H3,(H,18,21);3-5,12,14,22H,6-9H2,1-2H3,(H,17,21);2-7,13,19H,8-9H2,1H3,(H,17,18);3-5,11,13,20H,6-9H2,1-2H3,(H,16,19);2-3,6,11,20H,4-5,7-8H2,1H3,(H,15,18)/t12?,14-;12?,13?,14-;12?,14-;13-;11?,13-;11-/m000000/s1. The molecule has 1 aromatic carbocycles. The van der Waals surface area contributed by atoms with E-state index in [9.17, 15) is 97.3 Å². The van der Waals surface area contributed by atoms with Crippen LogP contribution in [0.1, 0.15) is 128 Å². The van der Waals surface area contributed by atoms with Crippen molar-refractivity contribution in [2.45, 2.75) is 204 Å². The number of fused-ring (bicyclic) bond motifs is 2. The third kappa shape index (κ3) is 38.2. The second-order valence-electron chi connectivity index (χ2n) is 34.6. The number of para-hydroxylation sites is 1. The van der Waals surface area contributed by atoms with Crippen LogP contribution in [0.3, 0.4) is 0 Å². The number of thiophene rings is 6. The molecule has 5 unspecified atom stereocenters. The number of benzene rings is 1. The smallest absolute Gasteiger partial charge is 0.532 e. The van der Waals surface area contributed by atoms with Gasteiger partial charge in [-0.1, -0.05) is 48.5 Å². The molecule has 7 aromatic heterocycles. The number of Topliss-reactive ketones (excluding diaryl/α,β-unsaturated/α-hetero) is 5. The highest BCUT2D eigenvalue weighted by Crippen LogP contribution is 2.34. The quantitative estimate of drug-likeness (QED) is 0.0300. The number of aryl methyl sites for hydroxylation is 1. The minimum atomic E-state index is -1.36. The minimum absolute atomic E-state index is 0.0125. The number of ketones is 5. The van der Waals surface area contributed by atoms with E-state index in [0.717, 1.165) is 45.0 Å². The summed E-state index contributed by atoms with van der Waals surface area (Å²) in [5, 5.41) is 92.9. The van der Waals surface area contributed by atoms with E-state index in [1.807, 2.05) is 146 Å². The maximum Gasteiger partial charge on any atom is 0.550 e. The second-order valence-corrected chi connectivity index (χ2v) is 41.7. The Balaban J connectivity index is 0.000000174. The summed E-state index contributed by atoms with van der Waals surface area (Å²) in [6, 6.07) is 27.9. The van der Waals surface area contributed by atoms with Crippen molar-refractivity contribution in [2.75, 3.05) is 70.9 Å². The van der Waals surface area contributed by atoms with Gasteiger partial charge in [-0.3, -0.25) is 71.9 Å². The van der Waals surface area contributed by atoms with Gasteiger partial charge in [-0.25, -0.2) is 10.0 Å². The Bertz CT molecular complexity index is 5370. The Morgan fingerprint density at radius 1 is 0.411 bits per heavy atom. The van der Waals surface area contributed by atoms with Crippen molar-refractivity contribution < 1.29 is 130 Å². The van der Waals surface area contributed by atoms with Gasteiger partial charge in [-0.2, -0.15) is 0 Å². The molecule has 0 bridgehead atoms. The highest BCUT2D eigenvalue weighted by molar-refractivity contribution is 7.13. The van der Waals surface area contributed by atoms with E-state index >= 15 is 0 Å². The summed E-state index contributed by atoms with van der Waals surface area (Å²) in [6.45, 7) is 12.8. The maximum atomic E-state index is 12.3. The number of thiazole rings is 1. The molecule has 11 atom stereocenters. The van der Waals surface area contributed by atoms with Gasteiger partial charge in [0.05, 0.1) is 98.7 Å². The van der Waals surface area contributed by atoms with E-state index in [4.69, 9.17) is 32.8 Å². The van der Waals surface area contributed by atoms with Crippen molar-refractivity contribution in [3.05, 3.63) is 170 Å². The van der Waals surface area contributed by atoms with Gasteiger partial charge in [0.25, 0.3) is 0 Å². The van der Waals surface area contributed by atoms with E-state index in [-0.39, 0.29) is 198 Å². The molecule has 7 aliphatic heterocycles. The van der Waals surface area contributed by atoms with E-state index < -0.39 is 96.7 Å². The second kappa shape index (κ2) is 56.8. The van der Waals surface area contributed by atoms with Gasteiger partial charge in [0.1, 0.15) is 48.0 Å². The van der Waals surface area contributed by atoms with Crippen LogP contribution in [0.4, 0.5) is 5.13 Å². The molecule has 12 N–H and O–H groups in total. The topological polar surface area (TPSA) is 526 Å². The zero-order valence-corrected chi connectivity index (χ0v) is 84.9. The number of aromatic nitrogens is 1. The van der Waals surface area contributed by atoms with Crippen LogP contribution in [-0.2, 0) is 129 Å². The number of likely N-dealkylation sites (N-methyl/N-ethyl adjacent to an activating group) is 1. The number of nitrogens with zero attached hydrogens (tertiary/aromatic N) is 6. The molecule has 7 aliphatic rings. The molecular weight excluding hydrogens is 1960 g/mol. The van der Waals surface area contributed by atoms with Crippen LogP contribution in [0.2, 0.25) is 0 Å². The number of carbonyl (C=O) groups excluding carboxylic acids is 14. The summed E-state index contributed by atoms with van der Waals surface area (Å²) in [5.74, 6) is -4.99. The van der Waals surface area contributed by atoms with Crippen molar-refractivity contribution >= 4 is 209 Å². The number of amides is 9. The Morgan fingerprint density at radius 3 is 1.23 bits per heavy atom. The Labute approximate surface area is 846 Å². The molecule has 8 aromatic rings. The highest BCUT2D eigenvalue weighted by atomic mass is 32.1. The molecule has 6 fully saturated rings. The van der Waals surface area contributed by atoms with Gasteiger partial charge < -0.3 is 110 Å². The lowest BCUT2D eigenvalue weighted by molar-refractivity contribution is -0.162. The minimum Gasteiger partial charge on any atom is -0.532 e. The molecule has 754 valence electrons. The number of rotatable bonds is 29. The molecule has 15 rings (SSSR count). The zero-order chi connectivity index (χ0) is 102. The molecule has 9 amide bonds. The number of hydrogen-bond donors (Lipinski definition) is 12. The monoisotopic (exact) mass is 2070 g/mol. The predicted octanol–water partition coefficient (Wildman–Crippen LogP) is 2.94. The van der Waals surface area contributed by atoms with Crippen LogP contribution in [0.25, 0.3) is 0 Å². The van der Waals surface area contributed by atoms with Gasteiger partial charge in [0, 0.05) is 132 Å². The van der Waals surface area contributed by atoms with Crippen molar-refractivity contribution in [1.29, 1.82) is 0 Å². The van der Waals surface area contributed by atoms with Gasteiger partial charge in [0.15, 0.2) is 16.7 Å². The molecular formula is C89H116B6N12O27S7. The Morgan fingerprint density at radius 2 is 0.816 bits per heavy atom. The molecule has 39 nitrogen and oxygen atoms in total. The van der Waals surface area contributed by atoms with Crippen LogP contribution in [0.15, 0.2) is 135 Å². The first kappa shape index (κ1) is 113. The highest BCUT2D eigenvalue weighted by Gasteiger charge is 2.48. The van der Waals surface area contributed by atoms with Gasteiger partial charge >= 0.3 is 42.7 Å². The SMILES string of the molecule is CC(=O)CC1CN(C(C)=O)C[C@H](NC(=O)Cc2cccs2)B(O)O1.CC(=O)CC1CN(C)C[C@H](NC(=O)Cc2cccs2)B(O)O1.CC(=O)CC1CN(c2nccs2)C[C@H](NC(=O)Cc2cccs2)B(O)O1.CC(=O)CC1OB(O)[C@@H](NC(=O)Cc2cccs2)CN2C(=O)CCC12.CC(=O)CN1OB(O)[C@@H](NC(=O)Cc2cccs2)CCC1=O.Cc1cccc2c1OB(O)[C@@H](NC(=O)Cc1cccs1)CO2. The summed E-state index contributed by atoms with van der Waals surface area (Å²) in [7, 11) is -5.45. The molecule has 0 radical (unpaired) electrons. The Hall–Kier alpha value is -10.1. The average molecular weight is 2080 g/mol. The number of ether oxygens (including phenoxy) is 1. The number of hydroxylamine groups is 2. The number of anilines is 1. The predicted molar refractivity (Wildman–Crippen MR) is 537 cm³/mol. The van der Waals surface area contributed by atoms with Crippen molar-refractivity contribution in [3.8, 4) is 11.5 Å². The van der Waals surface area contributed by atoms with Gasteiger partial charge in [-0.05, 0) is 142 Å². The third-order valence-electron chi connectivity index (χ3n) is 22.4. The summed E-state index contributed by atoms with van der Waals surface area (Å²) in [4.78, 5) is 182. The van der Waals surface area contributed by atoms with E-state index in [0.29, 0.717) is 56.9 Å². The molecule has 14 heterocycles. The van der Waals surface area contributed by atoms with E-state index in [1.165, 1.54) is 126 Å². The van der Waals surface area contributed by atoms with Crippen LogP contribution >= 0.6 is 79.4 Å². The lowest BCUT2D eigenvalue weighted by Crippen LogP contribution is -2.52. The third-order valence-corrected chi connectivity index (χ3v) is 28.5. The normalized spacial score (nSPS) is 21.3. The van der Waals surface area contributed by atoms with Crippen molar-refractivity contribution in [1.82, 2.24) is 56.6 Å². The number of hydrogen-bond acceptors (Lipinski definition) is 37. The van der Waals surface area contributed by atoms with E-state index in [2.05, 4.69) is 36.9 Å². The summed E-state index contributed by atoms with van der Waals surface area (Å²) >= 11 is 10.5. The maximum absolute atomic E-state index is 12.3. The molecule has 0 spiro atoms. The fourth-order valence-corrected chi connectivity index (χ4v) is 20.8. The lowest BCUT2D eigenvalue weighted by atomic mass is 9.77.